The van der Waals surface area contributed by atoms with Crippen LogP contribution in [-0.2, 0) is 4.74 Å². The number of halogens is 1. The van der Waals surface area contributed by atoms with Crippen LogP contribution in [0.25, 0.3) is 0 Å². The Balaban J connectivity index is 1.14. The lowest BCUT2D eigenvalue weighted by molar-refractivity contribution is -0.124. The summed E-state index contributed by atoms with van der Waals surface area (Å²) in [4.78, 5) is 13.5. The first-order valence-corrected chi connectivity index (χ1v) is 13.5. The van der Waals surface area contributed by atoms with Crippen molar-refractivity contribution in [3.05, 3.63) is 35.8 Å². The normalized spacial score (nSPS) is 26.3. The summed E-state index contributed by atoms with van der Waals surface area (Å²) in [6.07, 6.45) is 7.75. The van der Waals surface area contributed by atoms with Crippen molar-refractivity contribution in [3.63, 3.8) is 0 Å². The maximum Gasteiger partial charge on any atom is 0.229 e. The van der Waals surface area contributed by atoms with Gasteiger partial charge in [0.1, 0.15) is 6.07 Å². The highest BCUT2D eigenvalue weighted by Crippen LogP contribution is 2.41. The molecule has 2 atom stereocenters. The highest BCUT2D eigenvalue weighted by atomic mass is 19.1. The Labute approximate surface area is 218 Å². The Morgan fingerprint density at radius 2 is 2.00 bits per heavy atom. The number of nitrogens with one attached hydrogen (secondary N) is 2. The lowest BCUT2D eigenvalue weighted by Crippen LogP contribution is -2.55. The number of nitriles is 1. The van der Waals surface area contributed by atoms with Gasteiger partial charge in [-0.15, -0.1) is 0 Å². The fourth-order valence-electron chi connectivity index (χ4n) is 6.85. The van der Waals surface area contributed by atoms with E-state index in [1.165, 1.54) is 19.0 Å². The van der Waals surface area contributed by atoms with Gasteiger partial charge in [0.15, 0.2) is 11.6 Å². The number of nitrogens with zero attached hydrogens (tertiary/aromatic N) is 5. The minimum Gasteiger partial charge on any atom is -0.380 e. The smallest absolute Gasteiger partial charge is 0.229 e. The molecule has 196 valence electrons. The number of fused-ring (bicyclic) bond motifs is 1. The Morgan fingerprint density at radius 1 is 1.19 bits per heavy atom. The number of rotatable bonds is 5. The molecule has 4 aliphatic heterocycles. The molecule has 1 spiro atoms. The van der Waals surface area contributed by atoms with Crippen LogP contribution >= 0.6 is 0 Å². The zero-order chi connectivity index (χ0) is 25.6. The SMILES string of the molecule is CC1(C)C[C@H](Nc2nc(Nc3ccc(N4CCC5(CC4)COC5)c(C#N)c3)ncc2F)C[C@@H]2CCCN21. The molecule has 0 saturated carbocycles. The molecule has 0 unspecified atom stereocenters. The zero-order valence-corrected chi connectivity index (χ0v) is 21.8. The Bertz CT molecular complexity index is 1200. The van der Waals surface area contributed by atoms with Crippen molar-refractivity contribution in [1.82, 2.24) is 14.9 Å². The van der Waals surface area contributed by atoms with Crippen LogP contribution in [0.4, 0.5) is 27.5 Å². The molecular weight excluding hydrogens is 469 g/mol. The molecule has 2 aromatic rings. The number of hydrogen-bond donors (Lipinski definition) is 2. The van der Waals surface area contributed by atoms with Crippen LogP contribution in [0.5, 0.6) is 0 Å². The van der Waals surface area contributed by atoms with E-state index in [4.69, 9.17) is 4.74 Å². The average Bonchev–Trinajstić information content (AvgIpc) is 3.35. The van der Waals surface area contributed by atoms with Gasteiger partial charge in [0.05, 0.1) is 30.7 Å². The molecule has 2 N–H and O–H groups in total. The monoisotopic (exact) mass is 505 g/mol. The number of aromatic nitrogens is 2. The van der Waals surface area contributed by atoms with E-state index in [0.29, 0.717) is 28.7 Å². The molecule has 8 nitrogen and oxygen atoms in total. The minimum absolute atomic E-state index is 0.0811. The summed E-state index contributed by atoms with van der Waals surface area (Å²) in [5.74, 6) is 0.0806. The number of benzene rings is 1. The van der Waals surface area contributed by atoms with Gasteiger partial charge in [0.2, 0.25) is 5.95 Å². The molecule has 0 aliphatic carbocycles. The number of anilines is 4. The van der Waals surface area contributed by atoms with Gasteiger partial charge in [-0.3, -0.25) is 4.90 Å². The second-order valence-corrected chi connectivity index (χ2v) is 11.9. The summed E-state index contributed by atoms with van der Waals surface area (Å²) < 4.78 is 20.1. The molecule has 0 radical (unpaired) electrons. The van der Waals surface area contributed by atoms with E-state index < -0.39 is 5.82 Å². The Hall–Kier alpha value is -2.96. The molecule has 1 aromatic carbocycles. The van der Waals surface area contributed by atoms with E-state index in [0.717, 1.165) is 64.2 Å². The van der Waals surface area contributed by atoms with Gasteiger partial charge in [0.25, 0.3) is 0 Å². The molecule has 0 bridgehead atoms. The van der Waals surface area contributed by atoms with E-state index in [-0.39, 0.29) is 17.4 Å². The van der Waals surface area contributed by atoms with E-state index in [1.807, 2.05) is 18.2 Å². The van der Waals surface area contributed by atoms with E-state index in [9.17, 15) is 9.65 Å². The van der Waals surface area contributed by atoms with Crippen LogP contribution in [0.2, 0.25) is 0 Å². The van der Waals surface area contributed by atoms with Gasteiger partial charge < -0.3 is 20.3 Å². The van der Waals surface area contributed by atoms with E-state index in [2.05, 4.69) is 50.3 Å². The standard InChI is InChI=1S/C28H36FN7O/c1-27(2)14-21(13-22-4-3-9-36(22)27)32-25-23(29)16-31-26(34-25)33-20-5-6-24(19(12-20)15-30)35-10-7-28(8-11-35)17-37-18-28/h5-6,12,16,21-22H,3-4,7-11,13-14,17-18H2,1-2H3,(H2,31,32,33,34)/t21-,22+/m1/s1. The van der Waals surface area contributed by atoms with Crippen molar-refractivity contribution in [3.8, 4) is 6.07 Å². The number of ether oxygens (including phenoxy) is 1. The van der Waals surface area contributed by atoms with Crippen molar-refractivity contribution in [1.29, 1.82) is 5.26 Å². The van der Waals surface area contributed by atoms with Crippen LogP contribution in [-0.4, -0.2) is 65.3 Å². The third kappa shape index (κ3) is 4.73. The second-order valence-electron chi connectivity index (χ2n) is 11.9. The topological polar surface area (TPSA) is 89.3 Å². The van der Waals surface area contributed by atoms with E-state index >= 15 is 0 Å². The second kappa shape index (κ2) is 9.41. The van der Waals surface area contributed by atoms with Crippen LogP contribution < -0.4 is 15.5 Å². The molecule has 6 rings (SSSR count). The predicted molar refractivity (Wildman–Crippen MR) is 142 cm³/mol. The summed E-state index contributed by atoms with van der Waals surface area (Å²) >= 11 is 0. The largest absolute Gasteiger partial charge is 0.380 e. The maximum atomic E-state index is 14.7. The van der Waals surface area contributed by atoms with Gasteiger partial charge in [-0.25, -0.2) is 9.37 Å². The highest BCUT2D eigenvalue weighted by Gasteiger charge is 2.43. The van der Waals surface area contributed by atoms with Crippen LogP contribution in [0, 0.1) is 22.6 Å². The van der Waals surface area contributed by atoms with E-state index in [1.54, 1.807) is 0 Å². The third-order valence-corrected chi connectivity index (χ3v) is 8.90. The van der Waals surface area contributed by atoms with Gasteiger partial charge in [-0.05, 0) is 77.1 Å². The van der Waals surface area contributed by atoms with Gasteiger partial charge in [-0.1, -0.05) is 0 Å². The molecular formula is C28H36FN7O. The lowest BCUT2D eigenvalue weighted by atomic mass is 9.76. The predicted octanol–water partition coefficient (Wildman–Crippen LogP) is 4.67. The molecule has 9 heteroatoms. The summed E-state index contributed by atoms with van der Waals surface area (Å²) in [6.45, 7) is 9.29. The zero-order valence-electron chi connectivity index (χ0n) is 21.8. The maximum absolute atomic E-state index is 14.7. The fraction of sp³-hybridized carbons (Fsp3) is 0.607. The van der Waals surface area contributed by atoms with Crippen LogP contribution in [0.15, 0.2) is 24.4 Å². The molecule has 4 fully saturated rings. The molecule has 1 aromatic heterocycles. The molecule has 37 heavy (non-hydrogen) atoms. The first-order chi connectivity index (χ1) is 17.8. The molecule has 4 saturated heterocycles. The quantitative estimate of drug-likeness (QED) is 0.606. The third-order valence-electron chi connectivity index (χ3n) is 8.90. The van der Waals surface area contributed by atoms with Gasteiger partial charge in [0, 0.05) is 41.8 Å². The lowest BCUT2D eigenvalue weighted by Gasteiger charge is -2.48. The summed E-state index contributed by atoms with van der Waals surface area (Å²) in [6, 6.07) is 8.79. The molecule has 0 amide bonds. The first-order valence-electron chi connectivity index (χ1n) is 13.5. The summed E-state index contributed by atoms with van der Waals surface area (Å²) in [7, 11) is 0. The van der Waals surface area contributed by atoms with Crippen LogP contribution in [0.1, 0.15) is 57.9 Å². The summed E-state index contributed by atoms with van der Waals surface area (Å²) in [5.41, 5.74) is 2.69. The number of hydrogen-bond acceptors (Lipinski definition) is 8. The molecule has 4 aliphatic rings. The van der Waals surface area contributed by atoms with Gasteiger partial charge >= 0.3 is 0 Å². The summed E-state index contributed by atoms with van der Waals surface area (Å²) in [5, 5.41) is 16.4. The molecule has 5 heterocycles. The van der Waals surface area contributed by atoms with Crippen molar-refractivity contribution >= 4 is 23.1 Å². The van der Waals surface area contributed by atoms with Crippen molar-refractivity contribution < 1.29 is 9.13 Å². The Morgan fingerprint density at radius 3 is 2.73 bits per heavy atom. The van der Waals surface area contributed by atoms with Gasteiger partial charge in [-0.2, -0.15) is 10.2 Å². The highest BCUT2D eigenvalue weighted by molar-refractivity contribution is 5.68. The minimum atomic E-state index is -0.454. The number of piperidine rings is 2. The van der Waals surface area contributed by atoms with Crippen LogP contribution in [0.3, 0.4) is 0 Å². The first kappa shape index (κ1) is 24.4. The van der Waals surface area contributed by atoms with Crippen molar-refractivity contribution in [2.45, 2.75) is 70.0 Å². The fourth-order valence-corrected chi connectivity index (χ4v) is 6.85. The Kier molecular flexibility index (Phi) is 6.20. The average molecular weight is 506 g/mol. The van der Waals surface area contributed by atoms with Crippen molar-refractivity contribution in [2.75, 3.05) is 48.4 Å². The van der Waals surface area contributed by atoms with Crippen molar-refractivity contribution in [2.24, 2.45) is 5.41 Å².